The summed E-state index contributed by atoms with van der Waals surface area (Å²) in [5.41, 5.74) is 7.93. The maximum absolute atomic E-state index is 12.1. The summed E-state index contributed by atoms with van der Waals surface area (Å²) in [6.45, 7) is 10.5. The Balaban J connectivity index is 1.80. The molecule has 9 heteroatoms. The Morgan fingerprint density at radius 3 is 2.78 bits per heavy atom. The number of hydrogen-bond acceptors (Lipinski definition) is 6. The highest BCUT2D eigenvalue weighted by Crippen LogP contribution is 2.37. The number of nitrogens with zero attached hydrogens (tertiary/aromatic N) is 6. The number of nitrogens with two attached hydrogens (primary N) is 1. The van der Waals surface area contributed by atoms with Crippen LogP contribution in [0.5, 0.6) is 0 Å². The number of morpholine rings is 1. The zero-order valence-electron chi connectivity index (χ0n) is 19.4. The van der Waals surface area contributed by atoms with Crippen molar-refractivity contribution in [2.45, 2.75) is 52.0 Å². The number of imidazole rings is 1. The molecule has 2 aromatic rings. The number of aromatic nitrogens is 4. The Bertz CT molecular complexity index is 911. The molecular weight excluding hydrogens is 406 g/mol. The number of hydrogen-bond donors (Lipinski definition) is 1. The van der Waals surface area contributed by atoms with Gasteiger partial charge in [-0.25, -0.2) is 9.97 Å². The molecule has 2 aromatic heterocycles. The highest BCUT2D eigenvalue weighted by molar-refractivity contribution is 5.75. The molecule has 0 aromatic carbocycles. The number of carbonyl (C=O) groups excluding carboxylic acids is 1. The van der Waals surface area contributed by atoms with E-state index in [1.807, 2.05) is 10.8 Å². The molecule has 2 saturated heterocycles. The monoisotopic (exact) mass is 442 g/mol. The third kappa shape index (κ3) is 4.69. The lowest BCUT2D eigenvalue weighted by Crippen LogP contribution is -2.63. The van der Waals surface area contributed by atoms with E-state index in [0.29, 0.717) is 16.9 Å². The zero-order chi connectivity index (χ0) is 22.6. The maximum Gasteiger partial charge on any atom is 0.240 e. The smallest absolute Gasteiger partial charge is 0.240 e. The molecule has 2 fully saturated rings. The first kappa shape index (κ1) is 22.8. The van der Waals surface area contributed by atoms with Crippen molar-refractivity contribution in [3.63, 3.8) is 0 Å². The molecule has 4 heterocycles. The highest BCUT2D eigenvalue weighted by atomic mass is 16.5. The van der Waals surface area contributed by atoms with E-state index in [1.165, 1.54) is 5.56 Å². The summed E-state index contributed by atoms with van der Waals surface area (Å²) < 4.78 is 8.11. The van der Waals surface area contributed by atoms with E-state index in [4.69, 9.17) is 20.4 Å². The Morgan fingerprint density at radius 1 is 1.28 bits per heavy atom. The van der Waals surface area contributed by atoms with Crippen LogP contribution in [0.1, 0.15) is 43.9 Å². The number of ether oxygens (including phenoxy) is 1. The first-order valence-corrected chi connectivity index (χ1v) is 11.8. The van der Waals surface area contributed by atoms with Crippen molar-refractivity contribution in [2.24, 2.45) is 5.73 Å². The van der Waals surface area contributed by atoms with Gasteiger partial charge in [0, 0.05) is 38.4 Å². The largest absolute Gasteiger partial charge is 0.379 e. The number of likely N-dealkylation sites (tertiary alicyclic amines) is 1. The SMILES string of the molecule is CCc1c(C)nc(-n2ccnc2)nc1[N+]1(CCN2CCOCC2)CCCCC1CC(N)=O. The molecule has 32 heavy (non-hydrogen) atoms. The molecule has 9 nitrogen and oxygen atoms in total. The van der Waals surface area contributed by atoms with Gasteiger partial charge in [0.1, 0.15) is 12.4 Å². The fourth-order valence-corrected chi connectivity index (χ4v) is 5.38. The molecule has 0 spiro atoms. The van der Waals surface area contributed by atoms with Crippen LogP contribution in [0.4, 0.5) is 5.82 Å². The molecule has 2 atom stereocenters. The average molecular weight is 443 g/mol. The number of quaternary nitrogens is 1. The van der Waals surface area contributed by atoms with E-state index < -0.39 is 0 Å². The van der Waals surface area contributed by atoms with Gasteiger partial charge in [-0.2, -0.15) is 4.98 Å². The number of carbonyl (C=O) groups is 1. The molecule has 0 bridgehead atoms. The van der Waals surface area contributed by atoms with Crippen LogP contribution < -0.4 is 10.2 Å². The van der Waals surface area contributed by atoms with Crippen molar-refractivity contribution in [3.05, 3.63) is 30.0 Å². The summed E-state index contributed by atoms with van der Waals surface area (Å²) in [4.78, 5) is 28.7. The lowest BCUT2D eigenvalue weighted by molar-refractivity contribution is -0.119. The van der Waals surface area contributed by atoms with Crippen LogP contribution in [-0.4, -0.2) is 82.3 Å². The summed E-state index contributed by atoms with van der Waals surface area (Å²) in [6, 6.07) is 0.137. The van der Waals surface area contributed by atoms with Gasteiger partial charge in [0.25, 0.3) is 0 Å². The molecule has 0 aliphatic carbocycles. The quantitative estimate of drug-likeness (QED) is 0.624. The third-order valence-corrected chi connectivity index (χ3v) is 7.09. The van der Waals surface area contributed by atoms with Gasteiger partial charge in [-0.05, 0) is 26.2 Å². The zero-order valence-corrected chi connectivity index (χ0v) is 19.4. The van der Waals surface area contributed by atoms with E-state index in [0.717, 1.165) is 83.1 Å². The second-order valence-corrected chi connectivity index (χ2v) is 8.99. The fraction of sp³-hybridized carbons (Fsp3) is 0.652. The fourth-order valence-electron chi connectivity index (χ4n) is 5.38. The summed E-state index contributed by atoms with van der Waals surface area (Å²) in [5, 5.41) is 0. The molecule has 2 aliphatic rings. The van der Waals surface area contributed by atoms with Crippen molar-refractivity contribution in [3.8, 4) is 5.95 Å². The molecule has 0 saturated carbocycles. The van der Waals surface area contributed by atoms with Gasteiger partial charge < -0.3 is 10.5 Å². The third-order valence-electron chi connectivity index (χ3n) is 7.09. The van der Waals surface area contributed by atoms with Gasteiger partial charge in [0.15, 0.2) is 0 Å². The standard InChI is InChI=1S/C23H35N7O2/c1-3-20-18(2)26-23(29-8-7-25-17-29)27-22(20)30(13-9-28-10-14-32-15-11-28)12-5-4-6-19(30)16-21(24)31/h7-8,17,19H,3-6,9-16H2,1-2H3,(H-,24,31)/p+1. The number of primary amides is 1. The van der Waals surface area contributed by atoms with Crippen LogP contribution in [0.2, 0.25) is 0 Å². The second kappa shape index (κ2) is 10.1. The Morgan fingerprint density at radius 2 is 2.09 bits per heavy atom. The van der Waals surface area contributed by atoms with Gasteiger partial charge in [-0.3, -0.25) is 18.7 Å². The Kier molecular flexibility index (Phi) is 7.17. The van der Waals surface area contributed by atoms with Crippen molar-refractivity contribution in [1.29, 1.82) is 0 Å². The van der Waals surface area contributed by atoms with Crippen LogP contribution in [0.3, 0.4) is 0 Å². The molecule has 1 amide bonds. The van der Waals surface area contributed by atoms with Crippen LogP contribution >= 0.6 is 0 Å². The molecule has 2 N–H and O–H groups in total. The van der Waals surface area contributed by atoms with E-state index >= 15 is 0 Å². The lowest BCUT2D eigenvalue weighted by atomic mass is 9.93. The minimum atomic E-state index is -0.232. The van der Waals surface area contributed by atoms with E-state index in [-0.39, 0.29) is 11.9 Å². The molecule has 2 unspecified atom stereocenters. The minimum Gasteiger partial charge on any atom is -0.379 e. The first-order chi connectivity index (χ1) is 15.5. The summed E-state index contributed by atoms with van der Waals surface area (Å²) in [5.74, 6) is 1.46. The highest BCUT2D eigenvalue weighted by Gasteiger charge is 2.45. The molecule has 2 aliphatic heterocycles. The first-order valence-electron chi connectivity index (χ1n) is 11.8. The Hall–Kier alpha value is -2.36. The average Bonchev–Trinajstić information content (AvgIpc) is 3.33. The van der Waals surface area contributed by atoms with E-state index in [2.05, 4.69) is 23.7 Å². The predicted molar refractivity (Wildman–Crippen MR) is 124 cm³/mol. The lowest BCUT2D eigenvalue weighted by Gasteiger charge is -2.47. The van der Waals surface area contributed by atoms with Gasteiger partial charge in [0.2, 0.25) is 17.7 Å². The molecular formula is C23H36N7O2+. The van der Waals surface area contributed by atoms with E-state index in [1.54, 1.807) is 12.5 Å². The second-order valence-electron chi connectivity index (χ2n) is 8.99. The van der Waals surface area contributed by atoms with Crippen LogP contribution in [0.25, 0.3) is 5.95 Å². The van der Waals surface area contributed by atoms with Gasteiger partial charge in [-0.1, -0.05) is 6.92 Å². The van der Waals surface area contributed by atoms with Gasteiger partial charge in [-0.15, -0.1) is 0 Å². The van der Waals surface area contributed by atoms with Crippen molar-refractivity contribution < 1.29 is 9.53 Å². The summed E-state index contributed by atoms with van der Waals surface area (Å²) in [6.07, 6.45) is 9.81. The van der Waals surface area contributed by atoms with Gasteiger partial charge in [0.05, 0.1) is 44.0 Å². The summed E-state index contributed by atoms with van der Waals surface area (Å²) in [7, 11) is 0. The molecule has 0 radical (unpaired) electrons. The van der Waals surface area contributed by atoms with Crippen LogP contribution in [0, 0.1) is 6.92 Å². The Labute approximate surface area is 190 Å². The normalized spacial score (nSPS) is 24.5. The minimum absolute atomic E-state index is 0.137. The van der Waals surface area contributed by atoms with Crippen LogP contribution in [-0.2, 0) is 16.0 Å². The maximum atomic E-state index is 12.1. The summed E-state index contributed by atoms with van der Waals surface area (Å²) >= 11 is 0. The molecule has 174 valence electrons. The number of piperidine rings is 1. The van der Waals surface area contributed by atoms with E-state index in [9.17, 15) is 4.79 Å². The van der Waals surface area contributed by atoms with Gasteiger partial charge >= 0.3 is 0 Å². The predicted octanol–water partition coefficient (Wildman–Crippen LogP) is 1.60. The van der Waals surface area contributed by atoms with Crippen LogP contribution in [0.15, 0.2) is 18.7 Å². The number of amides is 1. The van der Waals surface area contributed by atoms with Crippen molar-refractivity contribution in [2.75, 3.05) is 45.9 Å². The molecule has 4 rings (SSSR count). The van der Waals surface area contributed by atoms with Crippen molar-refractivity contribution in [1.82, 2.24) is 28.9 Å². The number of aryl methyl sites for hydroxylation is 1. The number of rotatable bonds is 8. The van der Waals surface area contributed by atoms with Crippen molar-refractivity contribution >= 4 is 11.7 Å². The topological polar surface area (TPSA) is 99.2 Å².